The zero-order chi connectivity index (χ0) is 19.0. The van der Waals surface area contributed by atoms with Crippen molar-refractivity contribution in [3.63, 3.8) is 0 Å². The lowest BCUT2D eigenvalue weighted by molar-refractivity contribution is -0.131. The number of fused-ring (bicyclic) bond motifs is 1. The minimum atomic E-state index is -0.0812. The molecule has 0 saturated carbocycles. The van der Waals surface area contributed by atoms with Crippen LogP contribution in [0.3, 0.4) is 0 Å². The molecule has 1 atom stereocenters. The molecule has 0 aliphatic carbocycles. The molecule has 1 fully saturated rings. The molecule has 2 aromatic heterocycles. The lowest BCUT2D eigenvalue weighted by Crippen LogP contribution is -2.31. The van der Waals surface area contributed by atoms with E-state index in [-0.39, 0.29) is 17.9 Å². The van der Waals surface area contributed by atoms with Gasteiger partial charge in [0.05, 0.1) is 23.6 Å². The molecule has 0 bridgehead atoms. The first-order valence-corrected chi connectivity index (χ1v) is 9.96. The van der Waals surface area contributed by atoms with E-state index in [2.05, 4.69) is 5.32 Å². The van der Waals surface area contributed by atoms with Gasteiger partial charge in [0.25, 0.3) is 5.91 Å². The molecule has 0 spiro atoms. The maximum Gasteiger partial charge on any atom is 0.261 e. The third kappa shape index (κ3) is 3.37. The number of thiophene rings is 1. The van der Waals surface area contributed by atoms with Gasteiger partial charge in [-0.25, -0.2) is 0 Å². The standard InChI is InChI=1S/C21H22N2O3S/c1-13-5-6-15-14(12-26-17(15)10-13)11-20(24)23-9-3-4-16(23)18-7-8-19(27-18)21(25)22-2/h5-8,10,12,16H,3-4,9,11H2,1-2H3,(H,22,25)/t16-/m1/s1. The first kappa shape index (κ1) is 17.8. The molecule has 27 heavy (non-hydrogen) atoms. The second kappa shape index (κ2) is 7.19. The van der Waals surface area contributed by atoms with Crippen LogP contribution in [0.1, 0.15) is 44.6 Å². The van der Waals surface area contributed by atoms with E-state index in [0.717, 1.165) is 46.4 Å². The Bertz CT molecular complexity index is 1000. The maximum atomic E-state index is 13.0. The van der Waals surface area contributed by atoms with Crippen molar-refractivity contribution in [2.24, 2.45) is 0 Å². The average Bonchev–Trinajstić information content (AvgIpc) is 3.39. The highest BCUT2D eigenvalue weighted by molar-refractivity contribution is 7.14. The molecule has 4 rings (SSSR count). The largest absolute Gasteiger partial charge is 0.464 e. The van der Waals surface area contributed by atoms with Gasteiger partial charge in [0.2, 0.25) is 5.91 Å². The third-order valence-corrected chi connectivity index (χ3v) is 6.32. The van der Waals surface area contributed by atoms with Crippen LogP contribution < -0.4 is 5.32 Å². The van der Waals surface area contributed by atoms with E-state index < -0.39 is 0 Å². The molecule has 140 valence electrons. The van der Waals surface area contributed by atoms with Crippen molar-refractivity contribution in [1.29, 1.82) is 0 Å². The van der Waals surface area contributed by atoms with Gasteiger partial charge in [0, 0.05) is 29.4 Å². The molecule has 5 nitrogen and oxygen atoms in total. The number of carbonyl (C=O) groups is 2. The van der Waals surface area contributed by atoms with Crippen molar-refractivity contribution < 1.29 is 14.0 Å². The molecule has 1 N–H and O–H groups in total. The van der Waals surface area contributed by atoms with Crippen LogP contribution in [-0.2, 0) is 11.2 Å². The first-order valence-electron chi connectivity index (χ1n) is 9.15. The minimum Gasteiger partial charge on any atom is -0.464 e. The zero-order valence-corrected chi connectivity index (χ0v) is 16.3. The summed E-state index contributed by atoms with van der Waals surface area (Å²) in [5.74, 6) is 0.0259. The van der Waals surface area contributed by atoms with Crippen LogP contribution in [0.2, 0.25) is 0 Å². The monoisotopic (exact) mass is 382 g/mol. The summed E-state index contributed by atoms with van der Waals surface area (Å²) in [4.78, 5) is 28.5. The highest BCUT2D eigenvalue weighted by Gasteiger charge is 2.31. The van der Waals surface area contributed by atoms with Gasteiger partial charge in [-0.2, -0.15) is 0 Å². The molecule has 3 heterocycles. The van der Waals surface area contributed by atoms with Crippen molar-refractivity contribution >= 4 is 34.1 Å². The summed E-state index contributed by atoms with van der Waals surface area (Å²) >= 11 is 1.47. The quantitative estimate of drug-likeness (QED) is 0.740. The fourth-order valence-corrected chi connectivity index (χ4v) is 4.83. The molecule has 6 heteroatoms. The van der Waals surface area contributed by atoms with E-state index in [0.29, 0.717) is 11.3 Å². The number of furan rings is 1. The van der Waals surface area contributed by atoms with Gasteiger partial charge >= 0.3 is 0 Å². The molecule has 0 radical (unpaired) electrons. The lowest BCUT2D eigenvalue weighted by atomic mass is 10.1. The summed E-state index contributed by atoms with van der Waals surface area (Å²) in [6, 6.07) is 9.92. The molecule has 0 unspecified atom stereocenters. The molecular formula is C21H22N2O3S. The number of carbonyl (C=O) groups excluding carboxylic acids is 2. The Kier molecular flexibility index (Phi) is 4.74. The van der Waals surface area contributed by atoms with Crippen molar-refractivity contribution in [2.75, 3.05) is 13.6 Å². The Morgan fingerprint density at radius 3 is 2.96 bits per heavy atom. The fourth-order valence-electron chi connectivity index (χ4n) is 3.73. The van der Waals surface area contributed by atoms with Crippen LogP contribution in [0.15, 0.2) is 41.0 Å². The van der Waals surface area contributed by atoms with Crippen LogP contribution in [0.25, 0.3) is 11.0 Å². The number of nitrogens with zero attached hydrogens (tertiary/aromatic N) is 1. The topological polar surface area (TPSA) is 62.6 Å². The van der Waals surface area contributed by atoms with Crippen LogP contribution in [0, 0.1) is 6.92 Å². The molecule has 1 aromatic carbocycles. The number of hydrogen-bond donors (Lipinski definition) is 1. The maximum absolute atomic E-state index is 13.0. The Labute approximate surface area is 162 Å². The predicted molar refractivity (Wildman–Crippen MR) is 106 cm³/mol. The first-order chi connectivity index (χ1) is 13.1. The van der Waals surface area contributed by atoms with E-state index in [1.54, 1.807) is 13.3 Å². The molecular weight excluding hydrogens is 360 g/mol. The van der Waals surface area contributed by atoms with Crippen LogP contribution in [0.5, 0.6) is 0 Å². The van der Waals surface area contributed by atoms with Crippen molar-refractivity contribution in [3.05, 3.63) is 57.5 Å². The zero-order valence-electron chi connectivity index (χ0n) is 15.5. The van der Waals surface area contributed by atoms with E-state index >= 15 is 0 Å². The Balaban J connectivity index is 1.53. The van der Waals surface area contributed by atoms with Crippen molar-refractivity contribution in [3.8, 4) is 0 Å². The summed E-state index contributed by atoms with van der Waals surface area (Å²) in [5, 5.41) is 3.65. The number of nitrogens with one attached hydrogen (secondary N) is 1. The van der Waals surface area contributed by atoms with Gasteiger partial charge in [0.1, 0.15) is 5.58 Å². The van der Waals surface area contributed by atoms with Gasteiger partial charge in [-0.15, -0.1) is 11.3 Å². The smallest absolute Gasteiger partial charge is 0.261 e. The number of amides is 2. The number of aryl methyl sites for hydroxylation is 1. The van der Waals surface area contributed by atoms with Crippen molar-refractivity contribution in [2.45, 2.75) is 32.2 Å². The van der Waals surface area contributed by atoms with Crippen LogP contribution >= 0.6 is 11.3 Å². The van der Waals surface area contributed by atoms with E-state index in [4.69, 9.17) is 4.42 Å². The van der Waals surface area contributed by atoms with E-state index in [9.17, 15) is 9.59 Å². The average molecular weight is 382 g/mol. The van der Waals surface area contributed by atoms with E-state index in [1.165, 1.54) is 11.3 Å². The number of hydrogen-bond acceptors (Lipinski definition) is 4. The summed E-state index contributed by atoms with van der Waals surface area (Å²) in [6.45, 7) is 2.78. The normalized spacial score (nSPS) is 16.8. The number of likely N-dealkylation sites (tertiary alicyclic amines) is 1. The minimum absolute atomic E-state index is 0.0568. The molecule has 2 amide bonds. The second-order valence-electron chi connectivity index (χ2n) is 6.96. The third-order valence-electron chi connectivity index (χ3n) is 5.13. The fraction of sp³-hybridized carbons (Fsp3) is 0.333. The van der Waals surface area contributed by atoms with Crippen molar-refractivity contribution in [1.82, 2.24) is 10.2 Å². The summed E-state index contributed by atoms with van der Waals surface area (Å²) in [6.07, 6.45) is 3.95. The van der Waals surface area contributed by atoms with E-state index in [1.807, 2.05) is 42.2 Å². The molecule has 1 aliphatic rings. The molecule has 1 saturated heterocycles. The molecule has 1 aliphatic heterocycles. The SMILES string of the molecule is CNC(=O)c1ccc([C@H]2CCCN2C(=O)Cc2coc3cc(C)ccc23)s1. The molecule has 3 aromatic rings. The highest BCUT2D eigenvalue weighted by Crippen LogP contribution is 2.36. The predicted octanol–water partition coefficient (Wildman–Crippen LogP) is 4.07. The van der Waals surface area contributed by atoms with Gasteiger partial charge in [-0.1, -0.05) is 12.1 Å². The summed E-state index contributed by atoms with van der Waals surface area (Å²) < 4.78 is 5.63. The Hall–Kier alpha value is -2.60. The number of benzene rings is 1. The lowest BCUT2D eigenvalue weighted by Gasteiger charge is -2.23. The number of rotatable bonds is 4. The van der Waals surface area contributed by atoms with Crippen LogP contribution in [0.4, 0.5) is 0 Å². The summed E-state index contributed by atoms with van der Waals surface area (Å²) in [7, 11) is 1.63. The Morgan fingerprint density at radius 2 is 2.15 bits per heavy atom. The van der Waals surface area contributed by atoms with Gasteiger partial charge in [-0.3, -0.25) is 9.59 Å². The highest BCUT2D eigenvalue weighted by atomic mass is 32.1. The van der Waals surface area contributed by atoms with Gasteiger partial charge in [0.15, 0.2) is 0 Å². The van der Waals surface area contributed by atoms with Gasteiger partial charge in [-0.05, 0) is 43.5 Å². The van der Waals surface area contributed by atoms with Gasteiger partial charge < -0.3 is 14.6 Å². The summed E-state index contributed by atoms with van der Waals surface area (Å²) in [5.41, 5.74) is 2.89. The second-order valence-corrected chi connectivity index (χ2v) is 8.08. The van der Waals surface area contributed by atoms with Crippen LogP contribution in [-0.4, -0.2) is 30.3 Å². The Morgan fingerprint density at radius 1 is 1.30 bits per heavy atom.